The number of dihydropyridines is 1. The molecule has 2 aliphatic rings. The lowest BCUT2D eigenvalue weighted by Crippen LogP contribution is -2.12. The molecule has 1 aliphatic carbocycles. The van der Waals surface area contributed by atoms with Crippen LogP contribution in [0.15, 0.2) is 23.9 Å². The van der Waals surface area contributed by atoms with E-state index >= 15 is 0 Å². The van der Waals surface area contributed by atoms with Crippen LogP contribution < -0.4 is 5.32 Å². The van der Waals surface area contributed by atoms with Crippen molar-refractivity contribution in [3.8, 4) is 0 Å². The second kappa shape index (κ2) is 3.79. The minimum atomic E-state index is 0.810. The fourth-order valence-electron chi connectivity index (χ4n) is 2.05. The summed E-state index contributed by atoms with van der Waals surface area (Å²) in [7, 11) is 0. The van der Waals surface area contributed by atoms with Gasteiger partial charge in [-0.25, -0.2) is 0 Å². The van der Waals surface area contributed by atoms with Crippen LogP contribution in [0.5, 0.6) is 0 Å². The summed E-state index contributed by atoms with van der Waals surface area (Å²) in [5.41, 5.74) is 1.47. The van der Waals surface area contributed by atoms with Gasteiger partial charge in [0.25, 0.3) is 0 Å². The molecule has 2 rings (SSSR count). The Morgan fingerprint density at radius 1 is 1.25 bits per heavy atom. The Labute approximate surface area is 74.5 Å². The van der Waals surface area contributed by atoms with Gasteiger partial charge in [0.15, 0.2) is 0 Å². The van der Waals surface area contributed by atoms with Crippen LogP contribution in [0.2, 0.25) is 0 Å². The number of hydrogen-bond donors (Lipinski definition) is 1. The molecule has 1 heteroatoms. The van der Waals surface area contributed by atoms with E-state index in [0.29, 0.717) is 0 Å². The van der Waals surface area contributed by atoms with E-state index in [0.717, 1.165) is 5.92 Å². The second-order valence-electron chi connectivity index (χ2n) is 3.60. The second-order valence-corrected chi connectivity index (χ2v) is 3.60. The zero-order valence-corrected chi connectivity index (χ0v) is 7.34. The maximum absolute atomic E-state index is 3.03. The molecule has 0 saturated heterocycles. The number of rotatable bonds is 1. The Morgan fingerprint density at radius 2 is 2.08 bits per heavy atom. The summed E-state index contributed by atoms with van der Waals surface area (Å²) in [5, 5.41) is 2.95. The molecule has 0 aromatic rings. The molecule has 0 atom stereocenters. The summed E-state index contributed by atoms with van der Waals surface area (Å²) in [4.78, 5) is 0. The highest BCUT2D eigenvalue weighted by Crippen LogP contribution is 2.30. The van der Waals surface area contributed by atoms with Crippen molar-refractivity contribution in [1.29, 1.82) is 0 Å². The van der Waals surface area contributed by atoms with Gasteiger partial charge in [-0.2, -0.15) is 0 Å². The molecule has 1 fully saturated rings. The quantitative estimate of drug-likeness (QED) is 0.623. The van der Waals surface area contributed by atoms with Crippen molar-refractivity contribution in [2.45, 2.75) is 32.1 Å². The van der Waals surface area contributed by atoms with Gasteiger partial charge < -0.3 is 5.32 Å². The highest BCUT2D eigenvalue weighted by molar-refractivity contribution is 5.28. The first-order valence-electron chi connectivity index (χ1n) is 4.84. The maximum Gasteiger partial charge on any atom is 0.115 e. The molecule has 1 aliphatic heterocycles. The predicted octanol–water partition coefficient (Wildman–Crippen LogP) is 2.65. The zero-order chi connectivity index (χ0) is 8.23. The molecule has 0 aromatic carbocycles. The van der Waals surface area contributed by atoms with Gasteiger partial charge in [0.1, 0.15) is 6.54 Å². The van der Waals surface area contributed by atoms with Crippen LogP contribution in [0.25, 0.3) is 0 Å². The van der Waals surface area contributed by atoms with E-state index in [1.54, 1.807) is 0 Å². The molecule has 0 bridgehead atoms. The Kier molecular flexibility index (Phi) is 2.50. The molecule has 12 heavy (non-hydrogen) atoms. The van der Waals surface area contributed by atoms with Crippen molar-refractivity contribution in [3.63, 3.8) is 0 Å². The first-order chi connectivity index (χ1) is 5.97. The topological polar surface area (TPSA) is 12.0 Å². The third kappa shape index (κ3) is 1.71. The van der Waals surface area contributed by atoms with Gasteiger partial charge in [-0.05, 0) is 36.6 Å². The monoisotopic (exact) mass is 161 g/mol. The van der Waals surface area contributed by atoms with E-state index in [4.69, 9.17) is 0 Å². The first kappa shape index (κ1) is 7.90. The summed E-state index contributed by atoms with van der Waals surface area (Å²) >= 11 is 0. The first-order valence-corrected chi connectivity index (χ1v) is 4.84. The third-order valence-corrected chi connectivity index (χ3v) is 2.76. The Morgan fingerprint density at radius 3 is 2.75 bits per heavy atom. The minimum Gasteiger partial charge on any atom is -0.377 e. The zero-order valence-electron chi connectivity index (χ0n) is 7.34. The average Bonchev–Trinajstić information content (AvgIpc) is 2.21. The summed E-state index contributed by atoms with van der Waals surface area (Å²) in [6.07, 6.45) is 13.2. The molecule has 2 radical (unpaired) electrons. The molecule has 0 unspecified atom stereocenters. The fourth-order valence-corrected chi connectivity index (χ4v) is 2.05. The van der Waals surface area contributed by atoms with Crippen molar-refractivity contribution in [3.05, 3.63) is 30.5 Å². The van der Waals surface area contributed by atoms with Crippen molar-refractivity contribution in [2.75, 3.05) is 0 Å². The van der Waals surface area contributed by atoms with Crippen LogP contribution in [-0.4, -0.2) is 0 Å². The summed E-state index contributed by atoms with van der Waals surface area (Å²) < 4.78 is 0. The molecular formula is C11H15N. The van der Waals surface area contributed by atoms with Crippen LogP contribution in [0.4, 0.5) is 0 Å². The Hall–Kier alpha value is -0.720. The van der Waals surface area contributed by atoms with Crippen molar-refractivity contribution < 1.29 is 0 Å². The molecule has 64 valence electrons. The van der Waals surface area contributed by atoms with E-state index < -0.39 is 0 Å². The summed E-state index contributed by atoms with van der Waals surface area (Å²) in [6.45, 7) is 3.03. The lowest BCUT2D eigenvalue weighted by atomic mass is 9.83. The van der Waals surface area contributed by atoms with E-state index in [1.165, 1.54) is 37.7 Å². The van der Waals surface area contributed by atoms with E-state index in [1.807, 2.05) is 6.20 Å². The van der Waals surface area contributed by atoms with Crippen molar-refractivity contribution in [1.82, 2.24) is 5.32 Å². The maximum atomic E-state index is 3.03. The minimum absolute atomic E-state index is 0.810. The summed E-state index contributed by atoms with van der Waals surface area (Å²) in [5.74, 6) is 0.810. The molecule has 1 N–H and O–H groups in total. The standard InChI is InChI=1S/C11H15N/c1-2-4-10(5-3-1)11-6-8-12-9-7-11/h6-8,10,12H,1-5H2. The SMILES string of the molecule is [C]1C=C(C2CCCCC2)C=CN1. The van der Waals surface area contributed by atoms with Crippen LogP contribution in [0.1, 0.15) is 32.1 Å². The van der Waals surface area contributed by atoms with Gasteiger partial charge >= 0.3 is 0 Å². The number of nitrogens with one attached hydrogen (secondary N) is 1. The average molecular weight is 161 g/mol. The van der Waals surface area contributed by atoms with Crippen molar-refractivity contribution >= 4 is 0 Å². The van der Waals surface area contributed by atoms with Crippen LogP contribution in [-0.2, 0) is 0 Å². The largest absolute Gasteiger partial charge is 0.377 e. The predicted molar refractivity (Wildman–Crippen MR) is 50.2 cm³/mol. The normalized spacial score (nSPS) is 24.8. The van der Waals surface area contributed by atoms with Gasteiger partial charge in [0.05, 0.1) is 0 Å². The molecule has 1 heterocycles. The molecular weight excluding hydrogens is 146 g/mol. The highest BCUT2D eigenvalue weighted by atomic mass is 14.8. The van der Waals surface area contributed by atoms with Gasteiger partial charge in [-0.1, -0.05) is 25.3 Å². The molecule has 0 spiro atoms. The van der Waals surface area contributed by atoms with Crippen LogP contribution in [0.3, 0.4) is 0 Å². The molecule has 1 nitrogen and oxygen atoms in total. The summed E-state index contributed by atoms with van der Waals surface area (Å²) in [6, 6.07) is 0. The Balaban J connectivity index is 1.97. The van der Waals surface area contributed by atoms with Crippen molar-refractivity contribution in [2.24, 2.45) is 5.92 Å². The van der Waals surface area contributed by atoms with E-state index in [-0.39, 0.29) is 0 Å². The molecule has 1 saturated carbocycles. The van der Waals surface area contributed by atoms with Crippen LogP contribution >= 0.6 is 0 Å². The van der Waals surface area contributed by atoms with E-state index in [2.05, 4.69) is 24.0 Å². The van der Waals surface area contributed by atoms with Gasteiger partial charge in [0.2, 0.25) is 0 Å². The number of hydrogen-bond acceptors (Lipinski definition) is 1. The molecule has 0 aromatic heterocycles. The number of allylic oxidation sites excluding steroid dienone is 2. The Bertz CT molecular complexity index is 197. The third-order valence-electron chi connectivity index (χ3n) is 2.76. The molecule has 0 amide bonds. The van der Waals surface area contributed by atoms with Crippen LogP contribution in [0, 0.1) is 12.5 Å². The van der Waals surface area contributed by atoms with Gasteiger partial charge in [-0.3, -0.25) is 0 Å². The fraction of sp³-hybridized carbons (Fsp3) is 0.545. The lowest BCUT2D eigenvalue weighted by Gasteiger charge is -2.23. The van der Waals surface area contributed by atoms with Gasteiger partial charge in [0, 0.05) is 0 Å². The lowest BCUT2D eigenvalue weighted by molar-refractivity contribution is 0.407. The van der Waals surface area contributed by atoms with E-state index in [9.17, 15) is 0 Å². The highest BCUT2D eigenvalue weighted by Gasteiger charge is 2.16. The van der Waals surface area contributed by atoms with Gasteiger partial charge in [-0.15, -0.1) is 0 Å². The smallest absolute Gasteiger partial charge is 0.115 e.